The molecule has 1 atom stereocenters. The lowest BCUT2D eigenvalue weighted by molar-refractivity contribution is -0.385. The van der Waals surface area contributed by atoms with Crippen LogP contribution in [0.3, 0.4) is 0 Å². The van der Waals surface area contributed by atoms with Crippen LogP contribution in [0, 0.1) is 16.0 Å². The monoisotopic (exact) mass is 295 g/mol. The molecule has 1 saturated heterocycles. The van der Waals surface area contributed by atoms with E-state index in [0.717, 1.165) is 32.4 Å². The average molecular weight is 295 g/mol. The van der Waals surface area contributed by atoms with Crippen molar-refractivity contribution in [2.24, 2.45) is 5.92 Å². The Balaban J connectivity index is 1.96. The summed E-state index contributed by atoms with van der Waals surface area (Å²) >= 11 is 0. The topological polar surface area (TPSA) is 113 Å². The number of amides is 1. The number of rotatable bonds is 7. The van der Waals surface area contributed by atoms with Gasteiger partial charge in [0.05, 0.1) is 4.92 Å². The molecule has 2 rings (SSSR count). The number of hydrogen-bond acceptors (Lipinski definition) is 5. The van der Waals surface area contributed by atoms with Crippen LogP contribution in [0.4, 0.5) is 5.69 Å². The van der Waals surface area contributed by atoms with E-state index in [2.05, 4.69) is 20.8 Å². The zero-order valence-electron chi connectivity index (χ0n) is 12.1. The molecule has 0 aliphatic carbocycles. The molecule has 21 heavy (non-hydrogen) atoms. The number of aromatic nitrogens is 2. The predicted octanol–water partition coefficient (Wildman–Crippen LogP) is 1.000. The molecule has 0 saturated carbocycles. The summed E-state index contributed by atoms with van der Waals surface area (Å²) in [5, 5.41) is 23.5. The van der Waals surface area contributed by atoms with Gasteiger partial charge >= 0.3 is 5.69 Å². The molecule has 1 aliphatic heterocycles. The quantitative estimate of drug-likeness (QED) is 0.513. The number of H-pyrrole nitrogens is 1. The smallest absolute Gasteiger partial charge is 0.322 e. The summed E-state index contributed by atoms with van der Waals surface area (Å²) in [6, 6.07) is 0. The van der Waals surface area contributed by atoms with Crippen molar-refractivity contribution in [3.63, 3.8) is 0 Å². The van der Waals surface area contributed by atoms with Gasteiger partial charge in [-0.2, -0.15) is 5.10 Å². The third-order valence-corrected chi connectivity index (χ3v) is 3.71. The van der Waals surface area contributed by atoms with Crippen molar-refractivity contribution < 1.29 is 9.72 Å². The highest BCUT2D eigenvalue weighted by Crippen LogP contribution is 2.22. The molecule has 116 valence electrons. The van der Waals surface area contributed by atoms with E-state index in [9.17, 15) is 14.9 Å². The Hall–Kier alpha value is -1.96. The Morgan fingerprint density at radius 1 is 1.57 bits per heavy atom. The van der Waals surface area contributed by atoms with Crippen LogP contribution in [0.15, 0.2) is 0 Å². The normalized spacial score (nSPS) is 17.9. The summed E-state index contributed by atoms with van der Waals surface area (Å²) in [4.78, 5) is 22.6. The van der Waals surface area contributed by atoms with Gasteiger partial charge in [0, 0.05) is 6.54 Å². The second-order valence-electron chi connectivity index (χ2n) is 5.31. The summed E-state index contributed by atoms with van der Waals surface area (Å²) < 4.78 is 0. The maximum atomic E-state index is 12.0. The van der Waals surface area contributed by atoms with Gasteiger partial charge in [-0.05, 0) is 38.3 Å². The molecule has 1 amide bonds. The number of carbonyl (C=O) groups excluding carboxylic acids is 1. The number of aryl methyl sites for hydroxylation is 1. The Bertz CT molecular complexity index is 508. The Morgan fingerprint density at radius 3 is 3.00 bits per heavy atom. The molecule has 0 aromatic carbocycles. The van der Waals surface area contributed by atoms with Crippen LogP contribution in [0.1, 0.15) is 42.4 Å². The highest BCUT2D eigenvalue weighted by Gasteiger charge is 2.28. The molecule has 1 unspecified atom stereocenters. The maximum Gasteiger partial charge on any atom is 0.322 e. The van der Waals surface area contributed by atoms with Gasteiger partial charge in [-0.15, -0.1) is 0 Å². The summed E-state index contributed by atoms with van der Waals surface area (Å²) in [5.74, 6) is 0.0846. The van der Waals surface area contributed by atoms with E-state index in [1.165, 1.54) is 0 Å². The van der Waals surface area contributed by atoms with Crippen molar-refractivity contribution in [3.05, 3.63) is 21.5 Å². The van der Waals surface area contributed by atoms with Crippen LogP contribution in [-0.2, 0) is 6.42 Å². The van der Waals surface area contributed by atoms with E-state index in [-0.39, 0.29) is 11.4 Å². The first kappa shape index (κ1) is 15.4. The molecule has 0 bridgehead atoms. The number of nitrogens with zero attached hydrogens (tertiary/aromatic N) is 2. The molecular formula is C13H21N5O3. The number of nitrogens with one attached hydrogen (secondary N) is 3. The fourth-order valence-electron chi connectivity index (χ4n) is 2.59. The summed E-state index contributed by atoms with van der Waals surface area (Å²) in [6.45, 7) is 4.42. The molecule has 1 fully saturated rings. The van der Waals surface area contributed by atoms with Crippen LogP contribution in [0.5, 0.6) is 0 Å². The summed E-state index contributed by atoms with van der Waals surface area (Å²) in [7, 11) is 0. The van der Waals surface area contributed by atoms with Crippen molar-refractivity contribution in [1.82, 2.24) is 20.8 Å². The largest absolute Gasteiger partial charge is 0.350 e. The molecule has 3 N–H and O–H groups in total. The zero-order chi connectivity index (χ0) is 15.2. The van der Waals surface area contributed by atoms with Gasteiger partial charge in [-0.1, -0.05) is 13.3 Å². The Kier molecular flexibility index (Phi) is 5.26. The average Bonchev–Trinajstić information content (AvgIpc) is 3.08. The molecule has 0 spiro atoms. The number of nitro groups is 1. The van der Waals surface area contributed by atoms with Gasteiger partial charge in [0.15, 0.2) is 0 Å². The third kappa shape index (κ3) is 3.78. The maximum absolute atomic E-state index is 12.0. The molecule has 8 heteroatoms. The summed E-state index contributed by atoms with van der Waals surface area (Å²) in [5.41, 5.74) is 0.0949. The third-order valence-electron chi connectivity index (χ3n) is 3.71. The molecule has 1 aromatic heterocycles. The lowest BCUT2D eigenvalue weighted by Gasteiger charge is -2.08. The molecule has 1 aromatic rings. The van der Waals surface area contributed by atoms with E-state index >= 15 is 0 Å². The molecular weight excluding hydrogens is 274 g/mol. The van der Waals surface area contributed by atoms with Crippen molar-refractivity contribution in [3.8, 4) is 0 Å². The Morgan fingerprint density at radius 2 is 2.38 bits per heavy atom. The van der Waals surface area contributed by atoms with Gasteiger partial charge in [-0.25, -0.2) is 0 Å². The first-order valence-corrected chi connectivity index (χ1v) is 7.34. The lowest BCUT2D eigenvalue weighted by atomic mass is 10.1. The number of hydrogen-bond donors (Lipinski definition) is 3. The first-order chi connectivity index (χ1) is 10.1. The van der Waals surface area contributed by atoms with Crippen molar-refractivity contribution >= 4 is 11.6 Å². The molecule has 2 heterocycles. The van der Waals surface area contributed by atoms with Crippen molar-refractivity contribution in [2.45, 2.75) is 32.6 Å². The molecule has 8 nitrogen and oxygen atoms in total. The zero-order valence-corrected chi connectivity index (χ0v) is 12.1. The van der Waals surface area contributed by atoms with E-state index in [1.54, 1.807) is 0 Å². The standard InChI is InChI=1S/C13H21N5O3/c1-2-3-10-12(18(20)21)11(17-16-10)13(19)15-7-5-9-4-6-14-8-9/h9,14H,2-8H2,1H3,(H,15,19)(H,16,17). The first-order valence-electron chi connectivity index (χ1n) is 7.34. The SMILES string of the molecule is CCCc1[nH]nc(C(=O)NCCC2CCNC2)c1[N+](=O)[O-]. The van der Waals surface area contributed by atoms with Crippen molar-refractivity contribution in [1.29, 1.82) is 0 Å². The summed E-state index contributed by atoms with van der Waals surface area (Å²) in [6.07, 6.45) is 3.24. The number of carbonyl (C=O) groups is 1. The molecule has 1 aliphatic rings. The van der Waals surface area contributed by atoms with Crippen LogP contribution >= 0.6 is 0 Å². The van der Waals surface area contributed by atoms with E-state index in [4.69, 9.17) is 0 Å². The van der Waals surface area contributed by atoms with E-state index in [0.29, 0.717) is 24.6 Å². The van der Waals surface area contributed by atoms with Crippen LogP contribution < -0.4 is 10.6 Å². The van der Waals surface area contributed by atoms with Gasteiger partial charge in [0.1, 0.15) is 5.69 Å². The second-order valence-corrected chi connectivity index (χ2v) is 5.31. The minimum atomic E-state index is -0.537. The van der Waals surface area contributed by atoms with Gasteiger partial charge in [-0.3, -0.25) is 20.0 Å². The van der Waals surface area contributed by atoms with Crippen LogP contribution in [-0.4, -0.2) is 40.7 Å². The van der Waals surface area contributed by atoms with Crippen LogP contribution in [0.25, 0.3) is 0 Å². The fraction of sp³-hybridized carbons (Fsp3) is 0.692. The van der Waals surface area contributed by atoms with Gasteiger partial charge in [0.2, 0.25) is 5.69 Å². The minimum absolute atomic E-state index is 0.118. The number of aromatic amines is 1. The second kappa shape index (κ2) is 7.16. The van der Waals surface area contributed by atoms with Gasteiger partial charge < -0.3 is 10.6 Å². The van der Waals surface area contributed by atoms with E-state index in [1.807, 2.05) is 6.92 Å². The highest BCUT2D eigenvalue weighted by molar-refractivity contribution is 5.96. The van der Waals surface area contributed by atoms with Gasteiger partial charge in [0.25, 0.3) is 5.91 Å². The molecule has 0 radical (unpaired) electrons. The Labute approximate surface area is 122 Å². The predicted molar refractivity (Wildman–Crippen MR) is 77.2 cm³/mol. The fourth-order valence-corrected chi connectivity index (χ4v) is 2.59. The van der Waals surface area contributed by atoms with Crippen molar-refractivity contribution in [2.75, 3.05) is 19.6 Å². The van der Waals surface area contributed by atoms with E-state index < -0.39 is 10.8 Å². The highest BCUT2D eigenvalue weighted by atomic mass is 16.6. The minimum Gasteiger partial charge on any atom is -0.350 e. The lowest BCUT2D eigenvalue weighted by Crippen LogP contribution is -2.27. The van der Waals surface area contributed by atoms with Crippen LogP contribution in [0.2, 0.25) is 0 Å².